The van der Waals surface area contributed by atoms with E-state index in [1.165, 1.54) is 0 Å². The first-order valence-corrected chi connectivity index (χ1v) is 4.66. The van der Waals surface area contributed by atoms with Crippen LogP contribution in [0, 0.1) is 11.3 Å². The van der Waals surface area contributed by atoms with Gasteiger partial charge >= 0.3 is 0 Å². The van der Waals surface area contributed by atoms with Crippen LogP contribution < -0.4 is 11.1 Å². The van der Waals surface area contributed by atoms with E-state index in [-0.39, 0.29) is 0 Å². The SMILES string of the molecule is N#Cc1cc(NC2CC(N)C2)ccn1. The van der Waals surface area contributed by atoms with Crippen LogP contribution in [0.1, 0.15) is 18.5 Å². The molecule has 0 atom stereocenters. The summed E-state index contributed by atoms with van der Waals surface area (Å²) in [7, 11) is 0. The largest absolute Gasteiger partial charge is 0.382 e. The Morgan fingerprint density at radius 1 is 1.57 bits per heavy atom. The lowest BCUT2D eigenvalue weighted by Gasteiger charge is -2.33. The molecule has 14 heavy (non-hydrogen) atoms. The molecule has 1 saturated carbocycles. The summed E-state index contributed by atoms with van der Waals surface area (Å²) in [5, 5.41) is 12.0. The maximum absolute atomic E-state index is 8.65. The predicted molar refractivity (Wildman–Crippen MR) is 53.6 cm³/mol. The Bertz CT molecular complexity index is 363. The Hall–Kier alpha value is -1.60. The number of anilines is 1. The van der Waals surface area contributed by atoms with Crippen LogP contribution in [0.2, 0.25) is 0 Å². The first kappa shape index (κ1) is 8.97. The molecular weight excluding hydrogens is 176 g/mol. The molecule has 2 rings (SSSR count). The summed E-state index contributed by atoms with van der Waals surface area (Å²) >= 11 is 0. The van der Waals surface area contributed by atoms with Crippen LogP contribution in [0.25, 0.3) is 0 Å². The van der Waals surface area contributed by atoms with E-state index in [9.17, 15) is 0 Å². The minimum atomic E-state index is 0.338. The van der Waals surface area contributed by atoms with E-state index >= 15 is 0 Å². The summed E-state index contributed by atoms with van der Waals surface area (Å²) in [4.78, 5) is 3.90. The van der Waals surface area contributed by atoms with E-state index in [0.29, 0.717) is 17.8 Å². The van der Waals surface area contributed by atoms with Gasteiger partial charge in [-0.1, -0.05) is 0 Å². The van der Waals surface area contributed by atoms with Crippen molar-refractivity contribution in [2.75, 3.05) is 5.32 Å². The quantitative estimate of drug-likeness (QED) is 0.721. The van der Waals surface area contributed by atoms with E-state index in [4.69, 9.17) is 11.0 Å². The lowest BCUT2D eigenvalue weighted by molar-refractivity contribution is 0.373. The van der Waals surface area contributed by atoms with Gasteiger partial charge in [0, 0.05) is 24.0 Å². The van der Waals surface area contributed by atoms with Crippen LogP contribution in [0.3, 0.4) is 0 Å². The Balaban J connectivity index is 2.00. The molecular formula is C10H12N4. The molecule has 1 aromatic heterocycles. The molecule has 1 heterocycles. The fraction of sp³-hybridized carbons (Fsp3) is 0.400. The second-order valence-corrected chi connectivity index (χ2v) is 3.61. The van der Waals surface area contributed by atoms with Gasteiger partial charge in [0.1, 0.15) is 11.8 Å². The summed E-state index contributed by atoms with van der Waals surface area (Å²) in [6, 6.07) is 6.42. The lowest BCUT2D eigenvalue weighted by Crippen LogP contribution is -2.44. The van der Waals surface area contributed by atoms with Crippen LogP contribution in [-0.4, -0.2) is 17.1 Å². The summed E-state index contributed by atoms with van der Waals surface area (Å²) in [6.07, 6.45) is 3.65. The zero-order valence-corrected chi connectivity index (χ0v) is 7.77. The molecule has 0 radical (unpaired) electrons. The van der Waals surface area contributed by atoms with Gasteiger partial charge in [-0.3, -0.25) is 0 Å². The molecule has 0 aromatic carbocycles. The number of nitriles is 1. The van der Waals surface area contributed by atoms with Crippen LogP contribution in [0.5, 0.6) is 0 Å². The number of pyridine rings is 1. The average Bonchev–Trinajstić information content (AvgIpc) is 2.16. The van der Waals surface area contributed by atoms with Crippen molar-refractivity contribution in [2.45, 2.75) is 24.9 Å². The fourth-order valence-electron chi connectivity index (χ4n) is 1.60. The van der Waals surface area contributed by atoms with Crippen LogP contribution in [-0.2, 0) is 0 Å². The maximum atomic E-state index is 8.65. The molecule has 1 aliphatic rings. The Morgan fingerprint density at radius 3 is 3.00 bits per heavy atom. The van der Waals surface area contributed by atoms with Crippen LogP contribution in [0.4, 0.5) is 5.69 Å². The number of nitrogens with zero attached hydrogens (tertiary/aromatic N) is 2. The molecule has 4 heteroatoms. The second-order valence-electron chi connectivity index (χ2n) is 3.61. The third-order valence-electron chi connectivity index (χ3n) is 2.42. The van der Waals surface area contributed by atoms with Crippen molar-refractivity contribution in [3.8, 4) is 6.07 Å². The standard InChI is InChI=1S/C10H12N4/c11-6-10-5-8(1-2-13-10)14-9-3-7(12)4-9/h1-2,5,7,9H,3-4,12H2,(H,13,14). The number of rotatable bonds is 2. The van der Waals surface area contributed by atoms with Crippen molar-refractivity contribution in [3.63, 3.8) is 0 Å². The molecule has 0 unspecified atom stereocenters. The van der Waals surface area contributed by atoms with Crippen molar-refractivity contribution in [3.05, 3.63) is 24.0 Å². The molecule has 1 aromatic rings. The molecule has 4 nitrogen and oxygen atoms in total. The van der Waals surface area contributed by atoms with Crippen molar-refractivity contribution in [2.24, 2.45) is 5.73 Å². The topological polar surface area (TPSA) is 74.7 Å². The van der Waals surface area contributed by atoms with Crippen molar-refractivity contribution in [1.82, 2.24) is 4.98 Å². The summed E-state index contributed by atoms with van der Waals surface area (Å²) in [6.45, 7) is 0. The van der Waals surface area contributed by atoms with E-state index in [1.807, 2.05) is 12.1 Å². The molecule has 0 spiro atoms. The number of hydrogen-bond acceptors (Lipinski definition) is 4. The zero-order chi connectivity index (χ0) is 9.97. The molecule has 0 amide bonds. The minimum absolute atomic E-state index is 0.338. The van der Waals surface area contributed by atoms with Gasteiger partial charge in [-0.15, -0.1) is 0 Å². The number of aromatic nitrogens is 1. The Morgan fingerprint density at radius 2 is 2.36 bits per heavy atom. The molecule has 1 aliphatic carbocycles. The highest BCUT2D eigenvalue weighted by Gasteiger charge is 2.25. The summed E-state index contributed by atoms with van der Waals surface area (Å²) in [5.74, 6) is 0. The molecule has 3 N–H and O–H groups in total. The second kappa shape index (κ2) is 3.64. The van der Waals surface area contributed by atoms with Crippen molar-refractivity contribution in [1.29, 1.82) is 5.26 Å². The van der Waals surface area contributed by atoms with E-state index < -0.39 is 0 Å². The number of nitrogens with two attached hydrogens (primary N) is 1. The number of hydrogen-bond donors (Lipinski definition) is 2. The summed E-state index contributed by atoms with van der Waals surface area (Å²) in [5.41, 5.74) is 7.07. The van der Waals surface area contributed by atoms with E-state index in [2.05, 4.69) is 10.3 Å². The molecule has 0 aliphatic heterocycles. The van der Waals surface area contributed by atoms with Gasteiger partial charge in [-0.2, -0.15) is 5.26 Å². The van der Waals surface area contributed by atoms with Crippen LogP contribution >= 0.6 is 0 Å². The highest BCUT2D eigenvalue weighted by atomic mass is 15.0. The monoisotopic (exact) mass is 188 g/mol. The molecule has 0 saturated heterocycles. The molecule has 1 fully saturated rings. The third-order valence-corrected chi connectivity index (χ3v) is 2.42. The first-order valence-electron chi connectivity index (χ1n) is 4.66. The van der Waals surface area contributed by atoms with Gasteiger partial charge in [0.2, 0.25) is 0 Å². The fourth-order valence-corrected chi connectivity index (χ4v) is 1.60. The van der Waals surface area contributed by atoms with Crippen molar-refractivity contribution >= 4 is 5.69 Å². The zero-order valence-electron chi connectivity index (χ0n) is 7.77. The smallest absolute Gasteiger partial charge is 0.142 e. The molecule has 0 bridgehead atoms. The van der Waals surface area contributed by atoms with E-state index in [0.717, 1.165) is 18.5 Å². The van der Waals surface area contributed by atoms with Gasteiger partial charge < -0.3 is 11.1 Å². The predicted octanol–water partition coefficient (Wildman–Crippen LogP) is 0.855. The van der Waals surface area contributed by atoms with Crippen molar-refractivity contribution < 1.29 is 0 Å². The highest BCUT2D eigenvalue weighted by Crippen LogP contribution is 2.22. The van der Waals surface area contributed by atoms with Gasteiger partial charge in [-0.05, 0) is 25.0 Å². The molecule has 72 valence electrons. The average molecular weight is 188 g/mol. The Kier molecular flexibility index (Phi) is 2.33. The first-order chi connectivity index (χ1) is 6.78. The van der Waals surface area contributed by atoms with Gasteiger partial charge in [0.25, 0.3) is 0 Å². The van der Waals surface area contributed by atoms with Crippen LogP contribution in [0.15, 0.2) is 18.3 Å². The van der Waals surface area contributed by atoms with Gasteiger partial charge in [0.15, 0.2) is 0 Å². The normalized spacial score (nSPS) is 24.9. The lowest BCUT2D eigenvalue weighted by atomic mass is 9.87. The minimum Gasteiger partial charge on any atom is -0.382 e. The summed E-state index contributed by atoms with van der Waals surface area (Å²) < 4.78 is 0. The third kappa shape index (κ3) is 1.83. The van der Waals surface area contributed by atoms with Gasteiger partial charge in [-0.25, -0.2) is 4.98 Å². The highest BCUT2D eigenvalue weighted by molar-refractivity contribution is 5.47. The van der Waals surface area contributed by atoms with Gasteiger partial charge in [0.05, 0.1) is 0 Å². The Labute approximate surface area is 82.8 Å². The number of nitrogens with one attached hydrogen (secondary N) is 1. The van der Waals surface area contributed by atoms with E-state index in [1.54, 1.807) is 12.3 Å². The maximum Gasteiger partial charge on any atom is 0.142 e.